The number of hydrogen-bond donors (Lipinski definition) is 1. The van der Waals surface area contributed by atoms with Gasteiger partial charge >= 0.3 is 5.69 Å². The maximum atomic E-state index is 12.4. The zero-order valence-electron chi connectivity index (χ0n) is 14.2. The SMILES string of the molecule is N#Cc1cccc(-c2cnc3[nH]c(=O)n(Cc4ccccc4C#N)c3c2)c1. The molecule has 6 heteroatoms. The van der Waals surface area contributed by atoms with Crippen molar-refractivity contribution in [1.29, 1.82) is 10.5 Å². The smallest absolute Gasteiger partial charge is 0.290 e. The third-order valence-corrected chi connectivity index (χ3v) is 4.42. The van der Waals surface area contributed by atoms with Crippen LogP contribution in [0.1, 0.15) is 16.7 Å². The molecule has 0 unspecified atom stereocenters. The molecule has 0 radical (unpaired) electrons. The molecule has 2 aromatic carbocycles. The molecule has 4 aromatic rings. The minimum absolute atomic E-state index is 0.270. The van der Waals surface area contributed by atoms with Gasteiger partial charge in [0.25, 0.3) is 0 Å². The van der Waals surface area contributed by atoms with Crippen LogP contribution in [0.2, 0.25) is 0 Å². The molecular formula is C21H13N5O. The summed E-state index contributed by atoms with van der Waals surface area (Å²) < 4.78 is 1.57. The maximum Gasteiger partial charge on any atom is 0.327 e. The van der Waals surface area contributed by atoms with Crippen LogP contribution in [0.15, 0.2) is 65.6 Å². The van der Waals surface area contributed by atoms with Crippen molar-refractivity contribution in [3.63, 3.8) is 0 Å². The van der Waals surface area contributed by atoms with Gasteiger partial charge in [-0.25, -0.2) is 9.78 Å². The Morgan fingerprint density at radius 2 is 1.85 bits per heavy atom. The Hall–Kier alpha value is -4.16. The number of nitriles is 2. The van der Waals surface area contributed by atoms with Crippen molar-refractivity contribution >= 4 is 11.2 Å². The fourth-order valence-corrected chi connectivity index (χ4v) is 3.05. The summed E-state index contributed by atoms with van der Waals surface area (Å²) in [6.45, 7) is 0.270. The molecule has 2 aromatic heterocycles. The molecule has 0 amide bonds. The number of fused-ring (bicyclic) bond motifs is 1. The first-order valence-electron chi connectivity index (χ1n) is 8.26. The van der Waals surface area contributed by atoms with Crippen LogP contribution in [0, 0.1) is 22.7 Å². The molecule has 0 aliphatic rings. The maximum absolute atomic E-state index is 12.4. The number of benzene rings is 2. The van der Waals surface area contributed by atoms with Gasteiger partial charge in [-0.3, -0.25) is 9.55 Å². The number of H-pyrrole nitrogens is 1. The minimum Gasteiger partial charge on any atom is -0.290 e. The zero-order chi connectivity index (χ0) is 18.8. The molecule has 0 spiro atoms. The largest absolute Gasteiger partial charge is 0.327 e. The van der Waals surface area contributed by atoms with Crippen LogP contribution >= 0.6 is 0 Å². The lowest BCUT2D eigenvalue weighted by Crippen LogP contribution is -2.17. The molecule has 0 aliphatic carbocycles. The van der Waals surface area contributed by atoms with Gasteiger partial charge in [0.15, 0.2) is 5.65 Å². The van der Waals surface area contributed by atoms with Crippen LogP contribution in [0.5, 0.6) is 0 Å². The van der Waals surface area contributed by atoms with E-state index < -0.39 is 0 Å². The Morgan fingerprint density at radius 3 is 2.67 bits per heavy atom. The topological polar surface area (TPSA) is 98.3 Å². The molecule has 0 bridgehead atoms. The molecule has 0 atom stereocenters. The molecule has 27 heavy (non-hydrogen) atoms. The number of imidazole rings is 1. The van der Waals surface area contributed by atoms with Crippen molar-refractivity contribution in [3.05, 3.63) is 88.0 Å². The fourth-order valence-electron chi connectivity index (χ4n) is 3.05. The van der Waals surface area contributed by atoms with Crippen molar-refractivity contribution in [1.82, 2.24) is 14.5 Å². The first kappa shape index (κ1) is 16.3. The van der Waals surface area contributed by atoms with Gasteiger partial charge in [-0.05, 0) is 35.4 Å². The predicted molar refractivity (Wildman–Crippen MR) is 101 cm³/mol. The van der Waals surface area contributed by atoms with E-state index in [0.717, 1.165) is 16.7 Å². The highest BCUT2D eigenvalue weighted by molar-refractivity contribution is 5.78. The van der Waals surface area contributed by atoms with E-state index >= 15 is 0 Å². The van der Waals surface area contributed by atoms with Crippen LogP contribution in [-0.4, -0.2) is 14.5 Å². The lowest BCUT2D eigenvalue weighted by molar-refractivity contribution is 0.785. The van der Waals surface area contributed by atoms with Crippen LogP contribution in [-0.2, 0) is 6.54 Å². The number of rotatable bonds is 3. The van der Waals surface area contributed by atoms with Crippen LogP contribution in [0.3, 0.4) is 0 Å². The second kappa shape index (κ2) is 6.62. The van der Waals surface area contributed by atoms with E-state index in [9.17, 15) is 10.1 Å². The molecule has 6 nitrogen and oxygen atoms in total. The highest BCUT2D eigenvalue weighted by Gasteiger charge is 2.12. The lowest BCUT2D eigenvalue weighted by atomic mass is 10.0. The number of aromatic amines is 1. The molecule has 0 aliphatic heterocycles. The fraction of sp³-hybridized carbons (Fsp3) is 0.0476. The quantitative estimate of drug-likeness (QED) is 0.613. The average molecular weight is 351 g/mol. The first-order valence-corrected chi connectivity index (χ1v) is 8.26. The van der Waals surface area contributed by atoms with Gasteiger partial charge in [-0.15, -0.1) is 0 Å². The Kier molecular flexibility index (Phi) is 4.00. The standard InChI is InChI=1S/C21H13N5O/c22-10-14-4-3-7-15(8-14)18-9-19-20(24-12-18)25-21(27)26(19)13-17-6-2-1-5-16(17)11-23/h1-9,12H,13H2,(H,24,25,27). The number of nitrogens with zero attached hydrogens (tertiary/aromatic N) is 4. The highest BCUT2D eigenvalue weighted by Crippen LogP contribution is 2.23. The van der Waals surface area contributed by atoms with E-state index in [4.69, 9.17) is 5.26 Å². The molecule has 0 saturated carbocycles. The normalized spacial score (nSPS) is 10.4. The molecular weight excluding hydrogens is 338 g/mol. The van der Waals surface area contributed by atoms with Crippen molar-refractivity contribution in [2.45, 2.75) is 6.54 Å². The summed E-state index contributed by atoms with van der Waals surface area (Å²) >= 11 is 0. The second-order valence-corrected chi connectivity index (χ2v) is 6.07. The number of pyridine rings is 1. The van der Waals surface area contributed by atoms with Crippen LogP contribution in [0.4, 0.5) is 0 Å². The summed E-state index contributed by atoms with van der Waals surface area (Å²) in [5.74, 6) is 0. The third-order valence-electron chi connectivity index (χ3n) is 4.42. The van der Waals surface area contributed by atoms with Gasteiger partial charge in [-0.1, -0.05) is 30.3 Å². The van der Waals surface area contributed by atoms with E-state index in [0.29, 0.717) is 22.3 Å². The molecule has 2 heterocycles. The monoisotopic (exact) mass is 351 g/mol. The van der Waals surface area contributed by atoms with Gasteiger partial charge in [0, 0.05) is 11.8 Å². The molecule has 0 fully saturated rings. The molecule has 1 N–H and O–H groups in total. The Bertz CT molecular complexity index is 1300. The summed E-state index contributed by atoms with van der Waals surface area (Å²) in [7, 11) is 0. The lowest BCUT2D eigenvalue weighted by Gasteiger charge is -2.07. The third kappa shape index (κ3) is 2.97. The minimum atomic E-state index is -0.284. The number of nitrogens with one attached hydrogen (secondary N) is 1. The summed E-state index contributed by atoms with van der Waals surface area (Å²) in [5, 5.41) is 18.4. The van der Waals surface area contributed by atoms with Crippen molar-refractivity contribution < 1.29 is 0 Å². The van der Waals surface area contributed by atoms with E-state index in [1.165, 1.54) is 0 Å². The van der Waals surface area contributed by atoms with Crippen molar-refractivity contribution in [2.75, 3.05) is 0 Å². The van der Waals surface area contributed by atoms with Crippen molar-refractivity contribution in [2.24, 2.45) is 0 Å². The summed E-state index contributed by atoms with van der Waals surface area (Å²) in [4.78, 5) is 19.5. The molecule has 0 saturated heterocycles. The predicted octanol–water partition coefficient (Wildman–Crippen LogP) is 3.18. The average Bonchev–Trinajstić information content (AvgIpc) is 3.03. The van der Waals surface area contributed by atoms with E-state index in [-0.39, 0.29) is 12.2 Å². The highest BCUT2D eigenvalue weighted by atomic mass is 16.1. The Balaban J connectivity index is 1.84. The number of aromatic nitrogens is 3. The van der Waals surface area contributed by atoms with E-state index in [1.54, 1.807) is 35.0 Å². The van der Waals surface area contributed by atoms with Gasteiger partial charge < -0.3 is 0 Å². The second-order valence-electron chi connectivity index (χ2n) is 6.07. The first-order chi connectivity index (χ1) is 13.2. The summed E-state index contributed by atoms with van der Waals surface area (Å²) in [5.41, 5.74) is 4.35. The van der Waals surface area contributed by atoms with Crippen LogP contribution < -0.4 is 5.69 Å². The van der Waals surface area contributed by atoms with Gasteiger partial charge in [-0.2, -0.15) is 10.5 Å². The summed E-state index contributed by atoms with van der Waals surface area (Å²) in [6, 6.07) is 20.6. The van der Waals surface area contributed by atoms with Gasteiger partial charge in [0.1, 0.15) is 0 Å². The Morgan fingerprint density at radius 1 is 1.00 bits per heavy atom. The summed E-state index contributed by atoms with van der Waals surface area (Å²) in [6.07, 6.45) is 1.67. The van der Waals surface area contributed by atoms with Crippen molar-refractivity contribution in [3.8, 4) is 23.3 Å². The Labute approximate surface area is 154 Å². The van der Waals surface area contributed by atoms with Gasteiger partial charge in [0.05, 0.1) is 35.3 Å². The van der Waals surface area contributed by atoms with E-state index in [1.807, 2.05) is 30.3 Å². The molecule has 128 valence electrons. The number of hydrogen-bond acceptors (Lipinski definition) is 4. The molecule has 4 rings (SSSR count). The van der Waals surface area contributed by atoms with Gasteiger partial charge in [0.2, 0.25) is 0 Å². The zero-order valence-corrected chi connectivity index (χ0v) is 14.2. The van der Waals surface area contributed by atoms with Crippen LogP contribution in [0.25, 0.3) is 22.3 Å². The van der Waals surface area contributed by atoms with E-state index in [2.05, 4.69) is 22.1 Å².